The van der Waals surface area contributed by atoms with E-state index in [1.165, 1.54) is 30.6 Å². The first kappa shape index (κ1) is 11.0. The minimum Gasteiger partial charge on any atom is -0.316 e. The van der Waals surface area contributed by atoms with Crippen LogP contribution in [0.2, 0.25) is 0 Å². The van der Waals surface area contributed by atoms with Crippen molar-refractivity contribution in [3.63, 3.8) is 0 Å². The molecule has 0 amide bonds. The molecule has 0 aliphatic carbocycles. The lowest BCUT2D eigenvalue weighted by Gasteiger charge is -2.08. The summed E-state index contributed by atoms with van der Waals surface area (Å²) in [5, 5.41) is 4.24. The van der Waals surface area contributed by atoms with Gasteiger partial charge in [-0.1, -0.05) is 31.2 Å². The Labute approximate surface area is 96.7 Å². The SMILES string of the molecule is CCc1ccc(CSC2CCNC2)cc1. The molecule has 0 radical (unpaired) electrons. The van der Waals surface area contributed by atoms with Crippen molar-refractivity contribution in [2.24, 2.45) is 0 Å². The van der Waals surface area contributed by atoms with Crippen LogP contribution >= 0.6 is 11.8 Å². The van der Waals surface area contributed by atoms with Gasteiger partial charge in [0.1, 0.15) is 0 Å². The Morgan fingerprint density at radius 3 is 2.60 bits per heavy atom. The monoisotopic (exact) mass is 221 g/mol. The number of thioether (sulfide) groups is 1. The molecule has 1 N–H and O–H groups in total. The number of aryl methyl sites for hydroxylation is 1. The van der Waals surface area contributed by atoms with Gasteiger partial charge < -0.3 is 5.32 Å². The average Bonchev–Trinajstić information content (AvgIpc) is 2.80. The molecule has 1 aromatic rings. The molecule has 0 bridgehead atoms. The van der Waals surface area contributed by atoms with E-state index in [1.807, 2.05) is 0 Å². The first-order valence-electron chi connectivity index (χ1n) is 5.78. The lowest BCUT2D eigenvalue weighted by atomic mass is 10.1. The molecule has 1 atom stereocenters. The van der Waals surface area contributed by atoms with Crippen molar-refractivity contribution in [1.29, 1.82) is 0 Å². The van der Waals surface area contributed by atoms with E-state index < -0.39 is 0 Å². The normalized spacial score (nSPS) is 20.7. The zero-order valence-corrected chi connectivity index (χ0v) is 10.1. The number of rotatable bonds is 4. The molecule has 1 nitrogen and oxygen atoms in total. The summed E-state index contributed by atoms with van der Waals surface area (Å²) < 4.78 is 0. The third-order valence-electron chi connectivity index (χ3n) is 2.93. The average molecular weight is 221 g/mol. The fourth-order valence-corrected chi connectivity index (χ4v) is 3.00. The predicted molar refractivity (Wildman–Crippen MR) is 68.4 cm³/mol. The van der Waals surface area contributed by atoms with Crippen LogP contribution in [0.3, 0.4) is 0 Å². The van der Waals surface area contributed by atoms with Gasteiger partial charge in [0.15, 0.2) is 0 Å². The summed E-state index contributed by atoms with van der Waals surface area (Å²) in [4.78, 5) is 0. The zero-order valence-electron chi connectivity index (χ0n) is 9.33. The van der Waals surface area contributed by atoms with Crippen molar-refractivity contribution < 1.29 is 0 Å². The van der Waals surface area contributed by atoms with Gasteiger partial charge in [0.25, 0.3) is 0 Å². The summed E-state index contributed by atoms with van der Waals surface area (Å²) in [5.74, 6) is 1.16. The van der Waals surface area contributed by atoms with Crippen LogP contribution in [0.25, 0.3) is 0 Å². The maximum Gasteiger partial charge on any atom is 0.0187 e. The lowest BCUT2D eigenvalue weighted by molar-refractivity contribution is 0.858. The molecule has 0 saturated carbocycles. The first-order chi connectivity index (χ1) is 7.38. The van der Waals surface area contributed by atoms with Crippen LogP contribution < -0.4 is 5.32 Å². The first-order valence-corrected chi connectivity index (χ1v) is 6.83. The van der Waals surface area contributed by atoms with E-state index in [2.05, 4.69) is 48.3 Å². The molecule has 1 fully saturated rings. The Balaban J connectivity index is 1.82. The van der Waals surface area contributed by atoms with E-state index in [9.17, 15) is 0 Å². The van der Waals surface area contributed by atoms with E-state index in [1.54, 1.807) is 0 Å². The Hall–Kier alpha value is -0.470. The Kier molecular flexibility index (Phi) is 4.09. The Morgan fingerprint density at radius 1 is 1.27 bits per heavy atom. The van der Waals surface area contributed by atoms with E-state index in [4.69, 9.17) is 0 Å². The maximum absolute atomic E-state index is 3.41. The summed E-state index contributed by atoms with van der Waals surface area (Å²) in [7, 11) is 0. The van der Waals surface area contributed by atoms with Crippen LogP contribution in [-0.4, -0.2) is 18.3 Å². The highest BCUT2D eigenvalue weighted by molar-refractivity contribution is 7.99. The molecule has 15 heavy (non-hydrogen) atoms. The van der Waals surface area contributed by atoms with Crippen molar-refractivity contribution >= 4 is 11.8 Å². The van der Waals surface area contributed by atoms with Gasteiger partial charge >= 0.3 is 0 Å². The highest BCUT2D eigenvalue weighted by atomic mass is 32.2. The van der Waals surface area contributed by atoms with E-state index in [-0.39, 0.29) is 0 Å². The summed E-state index contributed by atoms with van der Waals surface area (Å²) in [5.41, 5.74) is 2.90. The van der Waals surface area contributed by atoms with Gasteiger partial charge in [0, 0.05) is 17.5 Å². The fourth-order valence-electron chi connectivity index (χ4n) is 1.86. The highest BCUT2D eigenvalue weighted by Crippen LogP contribution is 2.22. The summed E-state index contributed by atoms with van der Waals surface area (Å²) in [6.07, 6.45) is 2.47. The molecule has 1 unspecified atom stereocenters. The Bertz CT molecular complexity index is 288. The van der Waals surface area contributed by atoms with E-state index in [0.29, 0.717) is 0 Å². The molecular weight excluding hydrogens is 202 g/mol. The molecule has 1 heterocycles. The molecule has 0 spiro atoms. The summed E-state index contributed by atoms with van der Waals surface area (Å²) in [6.45, 7) is 4.60. The van der Waals surface area contributed by atoms with Gasteiger partial charge in [-0.3, -0.25) is 0 Å². The van der Waals surface area contributed by atoms with E-state index >= 15 is 0 Å². The third-order valence-corrected chi connectivity index (χ3v) is 4.31. The van der Waals surface area contributed by atoms with Crippen LogP contribution in [0, 0.1) is 0 Å². The molecule has 1 aromatic carbocycles. The van der Waals surface area contributed by atoms with Crippen molar-refractivity contribution in [2.75, 3.05) is 13.1 Å². The van der Waals surface area contributed by atoms with Crippen LogP contribution in [0.4, 0.5) is 0 Å². The van der Waals surface area contributed by atoms with Gasteiger partial charge in [0.05, 0.1) is 0 Å². The van der Waals surface area contributed by atoms with Gasteiger partial charge in [-0.05, 0) is 30.5 Å². The largest absolute Gasteiger partial charge is 0.316 e. The van der Waals surface area contributed by atoms with Gasteiger partial charge in [-0.25, -0.2) is 0 Å². The maximum atomic E-state index is 3.41. The van der Waals surface area contributed by atoms with Crippen molar-refractivity contribution in [3.8, 4) is 0 Å². The number of benzene rings is 1. The van der Waals surface area contributed by atoms with Crippen LogP contribution in [-0.2, 0) is 12.2 Å². The van der Waals surface area contributed by atoms with Crippen molar-refractivity contribution in [1.82, 2.24) is 5.32 Å². The quantitative estimate of drug-likeness (QED) is 0.839. The minimum atomic E-state index is 0.829. The van der Waals surface area contributed by atoms with Gasteiger partial charge in [-0.15, -0.1) is 0 Å². The van der Waals surface area contributed by atoms with Crippen molar-refractivity contribution in [3.05, 3.63) is 35.4 Å². The predicted octanol–water partition coefficient (Wildman–Crippen LogP) is 2.84. The second-order valence-electron chi connectivity index (χ2n) is 4.10. The van der Waals surface area contributed by atoms with Crippen LogP contribution in [0.5, 0.6) is 0 Å². The molecule has 1 aliphatic heterocycles. The molecule has 2 heteroatoms. The van der Waals surface area contributed by atoms with Crippen LogP contribution in [0.1, 0.15) is 24.5 Å². The highest BCUT2D eigenvalue weighted by Gasteiger charge is 2.14. The minimum absolute atomic E-state index is 0.829. The smallest absolute Gasteiger partial charge is 0.0187 e. The van der Waals surface area contributed by atoms with Crippen molar-refractivity contribution in [2.45, 2.75) is 30.8 Å². The summed E-state index contributed by atoms with van der Waals surface area (Å²) in [6, 6.07) is 9.05. The topological polar surface area (TPSA) is 12.0 Å². The third kappa shape index (κ3) is 3.25. The van der Waals surface area contributed by atoms with Gasteiger partial charge in [0.2, 0.25) is 0 Å². The zero-order chi connectivity index (χ0) is 10.5. The molecular formula is C13H19NS. The molecule has 1 aliphatic rings. The number of nitrogens with one attached hydrogen (secondary N) is 1. The second-order valence-corrected chi connectivity index (χ2v) is 5.38. The molecule has 0 aromatic heterocycles. The molecule has 1 saturated heterocycles. The second kappa shape index (κ2) is 5.57. The standard InChI is InChI=1S/C13H19NS/c1-2-11-3-5-12(6-4-11)10-15-13-7-8-14-9-13/h3-6,13-14H,2,7-10H2,1H3. The molecule has 2 rings (SSSR count). The fraction of sp³-hybridized carbons (Fsp3) is 0.538. The van der Waals surface area contributed by atoms with Crippen LogP contribution in [0.15, 0.2) is 24.3 Å². The van der Waals surface area contributed by atoms with E-state index in [0.717, 1.165) is 17.4 Å². The number of hydrogen-bond acceptors (Lipinski definition) is 2. The van der Waals surface area contributed by atoms with Gasteiger partial charge in [-0.2, -0.15) is 11.8 Å². The lowest BCUT2D eigenvalue weighted by Crippen LogP contribution is -2.10. The Morgan fingerprint density at radius 2 is 2.00 bits per heavy atom. The summed E-state index contributed by atoms with van der Waals surface area (Å²) >= 11 is 2.09. The number of hydrogen-bond donors (Lipinski definition) is 1. The molecule has 82 valence electrons.